The van der Waals surface area contributed by atoms with Crippen LogP contribution in [0.25, 0.3) is 0 Å². The first-order valence-electron chi connectivity index (χ1n) is 11.1. The van der Waals surface area contributed by atoms with Gasteiger partial charge in [-0.1, -0.05) is 48.5 Å². The van der Waals surface area contributed by atoms with Crippen LogP contribution in [0.2, 0.25) is 0 Å². The molecule has 0 aliphatic heterocycles. The van der Waals surface area contributed by atoms with Gasteiger partial charge in [0.1, 0.15) is 5.75 Å². The third kappa shape index (κ3) is 4.91. The summed E-state index contributed by atoms with van der Waals surface area (Å²) < 4.78 is 5.25. The average molecular weight is 455 g/mol. The Morgan fingerprint density at radius 2 is 1.38 bits per heavy atom. The molecule has 1 aliphatic carbocycles. The van der Waals surface area contributed by atoms with Crippen LogP contribution in [-0.2, 0) is 14.4 Å². The summed E-state index contributed by atoms with van der Waals surface area (Å²) in [6.45, 7) is 1.70. The van der Waals surface area contributed by atoms with Gasteiger partial charge in [0.25, 0.3) is 5.91 Å². The van der Waals surface area contributed by atoms with Gasteiger partial charge >= 0.3 is 0 Å². The van der Waals surface area contributed by atoms with Gasteiger partial charge in [0.15, 0.2) is 5.78 Å². The summed E-state index contributed by atoms with van der Waals surface area (Å²) in [6.07, 6.45) is 0.0497. The van der Waals surface area contributed by atoms with Crippen molar-refractivity contribution < 1.29 is 19.1 Å². The number of para-hydroxylation sites is 2. The smallest absolute Gasteiger partial charge is 0.259 e. The Labute approximate surface area is 198 Å². The van der Waals surface area contributed by atoms with E-state index >= 15 is 0 Å². The maximum atomic E-state index is 13.5. The van der Waals surface area contributed by atoms with Crippen molar-refractivity contribution in [2.75, 3.05) is 17.7 Å². The third-order valence-electron chi connectivity index (χ3n) is 6.07. The van der Waals surface area contributed by atoms with Gasteiger partial charge in [-0.05, 0) is 54.5 Å². The van der Waals surface area contributed by atoms with Crippen LogP contribution in [0.3, 0.4) is 0 Å². The number of Topliss-reactive ketones (excluding diaryl/α,β-unsaturated/α-hetero) is 1. The van der Waals surface area contributed by atoms with E-state index in [9.17, 15) is 14.4 Å². The fourth-order valence-electron chi connectivity index (χ4n) is 4.40. The molecule has 1 aliphatic rings. The van der Waals surface area contributed by atoms with Crippen LogP contribution in [0.4, 0.5) is 11.4 Å². The third-order valence-corrected chi connectivity index (χ3v) is 6.07. The molecule has 0 saturated carbocycles. The number of ether oxygens (including phenoxy) is 1. The SMILES string of the molecule is COc1ccc(C2CC(=O)C(C(=O)Nc3ccccc3)=C(C)C2C(=O)Nc2ccccc2)cc1. The van der Waals surface area contributed by atoms with Crippen molar-refractivity contribution in [1.29, 1.82) is 0 Å². The van der Waals surface area contributed by atoms with Gasteiger partial charge in [0.2, 0.25) is 5.91 Å². The lowest BCUT2D eigenvalue weighted by Gasteiger charge is -2.32. The number of methoxy groups -OCH3 is 1. The molecule has 2 unspecified atom stereocenters. The lowest BCUT2D eigenvalue weighted by atomic mass is 9.71. The Morgan fingerprint density at radius 1 is 0.824 bits per heavy atom. The van der Waals surface area contributed by atoms with Crippen molar-refractivity contribution in [3.63, 3.8) is 0 Å². The highest BCUT2D eigenvalue weighted by molar-refractivity contribution is 6.25. The molecular weight excluding hydrogens is 428 g/mol. The number of benzene rings is 3. The molecule has 6 nitrogen and oxygen atoms in total. The fraction of sp³-hybridized carbons (Fsp3) is 0.179. The van der Waals surface area contributed by atoms with Crippen LogP contribution < -0.4 is 15.4 Å². The standard InChI is InChI=1S/C28H26N2O4/c1-18-25(27(32)29-20-9-5-3-6-10-20)23(19-13-15-22(34-2)16-14-19)17-24(31)26(18)28(33)30-21-11-7-4-8-12-21/h3-16,23,25H,17H2,1-2H3,(H,29,32)(H,30,33). The minimum absolute atomic E-state index is 0.0434. The van der Waals surface area contributed by atoms with Crippen molar-refractivity contribution in [3.05, 3.63) is 102 Å². The first-order valence-corrected chi connectivity index (χ1v) is 11.1. The van der Waals surface area contributed by atoms with Gasteiger partial charge in [0, 0.05) is 23.7 Å². The molecule has 172 valence electrons. The number of carbonyl (C=O) groups excluding carboxylic acids is 3. The largest absolute Gasteiger partial charge is 0.497 e. The molecule has 0 fully saturated rings. The Hall–Kier alpha value is -4.19. The normalized spacial score (nSPS) is 17.8. The van der Waals surface area contributed by atoms with E-state index in [2.05, 4.69) is 10.6 Å². The van der Waals surface area contributed by atoms with E-state index in [1.165, 1.54) is 0 Å². The van der Waals surface area contributed by atoms with E-state index in [4.69, 9.17) is 4.74 Å². The molecule has 2 atom stereocenters. The van der Waals surface area contributed by atoms with Gasteiger partial charge in [-0.3, -0.25) is 14.4 Å². The lowest BCUT2D eigenvalue weighted by molar-refractivity contribution is -0.123. The number of anilines is 2. The summed E-state index contributed by atoms with van der Waals surface area (Å²) in [7, 11) is 1.58. The minimum atomic E-state index is -0.692. The predicted octanol–water partition coefficient (Wildman–Crippen LogP) is 4.96. The molecule has 34 heavy (non-hydrogen) atoms. The molecular formula is C28H26N2O4. The summed E-state index contributed by atoms with van der Waals surface area (Å²) in [4.78, 5) is 39.8. The quantitative estimate of drug-likeness (QED) is 0.516. The summed E-state index contributed by atoms with van der Waals surface area (Å²) >= 11 is 0. The Bertz CT molecular complexity index is 1220. The molecule has 0 bridgehead atoms. The van der Waals surface area contributed by atoms with E-state index in [0.29, 0.717) is 22.7 Å². The van der Waals surface area contributed by atoms with Crippen molar-refractivity contribution in [2.24, 2.45) is 5.92 Å². The van der Waals surface area contributed by atoms with Gasteiger partial charge in [-0.15, -0.1) is 0 Å². The van der Waals surface area contributed by atoms with Crippen LogP contribution in [0.15, 0.2) is 96.1 Å². The molecule has 2 N–H and O–H groups in total. The Balaban J connectivity index is 1.72. The molecule has 3 aromatic carbocycles. The summed E-state index contributed by atoms with van der Waals surface area (Å²) in [5.74, 6) is -1.46. The number of rotatable bonds is 6. The topological polar surface area (TPSA) is 84.5 Å². The average Bonchev–Trinajstić information content (AvgIpc) is 2.85. The maximum Gasteiger partial charge on any atom is 0.259 e. The number of carbonyl (C=O) groups is 3. The Kier molecular flexibility index (Phi) is 6.87. The predicted molar refractivity (Wildman–Crippen MR) is 132 cm³/mol. The van der Waals surface area contributed by atoms with Crippen LogP contribution in [0.1, 0.15) is 24.8 Å². The van der Waals surface area contributed by atoms with E-state index in [1.807, 2.05) is 48.5 Å². The number of hydrogen-bond acceptors (Lipinski definition) is 4. The molecule has 3 aromatic rings. The number of ketones is 1. The number of nitrogens with one attached hydrogen (secondary N) is 2. The van der Waals surface area contributed by atoms with Crippen LogP contribution in [-0.4, -0.2) is 24.7 Å². The van der Waals surface area contributed by atoms with Crippen molar-refractivity contribution in [2.45, 2.75) is 19.3 Å². The number of amides is 2. The highest BCUT2D eigenvalue weighted by Gasteiger charge is 2.41. The highest BCUT2D eigenvalue weighted by atomic mass is 16.5. The molecule has 0 radical (unpaired) electrons. The van der Waals surface area contributed by atoms with E-state index < -0.39 is 17.7 Å². The number of hydrogen-bond donors (Lipinski definition) is 2. The summed E-state index contributed by atoms with van der Waals surface area (Å²) in [5, 5.41) is 5.73. The second-order valence-electron chi connectivity index (χ2n) is 8.22. The summed E-state index contributed by atoms with van der Waals surface area (Å²) in [5.41, 5.74) is 2.58. The first kappa shape index (κ1) is 23.0. The van der Waals surface area contributed by atoms with Crippen molar-refractivity contribution in [1.82, 2.24) is 0 Å². The molecule has 4 rings (SSSR count). The van der Waals surface area contributed by atoms with Crippen LogP contribution in [0.5, 0.6) is 5.75 Å². The van der Waals surface area contributed by atoms with Crippen LogP contribution >= 0.6 is 0 Å². The Morgan fingerprint density at radius 3 is 1.94 bits per heavy atom. The van der Waals surface area contributed by atoms with Crippen molar-refractivity contribution >= 4 is 29.0 Å². The zero-order valence-corrected chi connectivity index (χ0v) is 19.1. The van der Waals surface area contributed by atoms with E-state index in [1.54, 1.807) is 50.4 Å². The second-order valence-corrected chi connectivity index (χ2v) is 8.22. The highest BCUT2D eigenvalue weighted by Crippen LogP contribution is 2.41. The lowest BCUT2D eigenvalue weighted by Crippen LogP contribution is -2.38. The molecule has 0 heterocycles. The van der Waals surface area contributed by atoms with E-state index in [-0.39, 0.29) is 23.7 Å². The monoisotopic (exact) mass is 454 g/mol. The molecule has 0 saturated heterocycles. The zero-order chi connectivity index (χ0) is 24.1. The van der Waals surface area contributed by atoms with Crippen LogP contribution in [0, 0.1) is 5.92 Å². The maximum absolute atomic E-state index is 13.5. The molecule has 0 aromatic heterocycles. The van der Waals surface area contributed by atoms with Gasteiger partial charge < -0.3 is 15.4 Å². The van der Waals surface area contributed by atoms with Gasteiger partial charge in [0.05, 0.1) is 18.6 Å². The van der Waals surface area contributed by atoms with Crippen molar-refractivity contribution in [3.8, 4) is 5.75 Å². The molecule has 0 spiro atoms. The second kappa shape index (κ2) is 10.2. The molecule has 2 amide bonds. The van der Waals surface area contributed by atoms with E-state index in [0.717, 1.165) is 5.56 Å². The van der Waals surface area contributed by atoms with Gasteiger partial charge in [-0.25, -0.2) is 0 Å². The minimum Gasteiger partial charge on any atom is -0.497 e. The zero-order valence-electron chi connectivity index (χ0n) is 19.1. The van der Waals surface area contributed by atoms with Gasteiger partial charge in [-0.2, -0.15) is 0 Å². The molecule has 6 heteroatoms. The fourth-order valence-corrected chi connectivity index (χ4v) is 4.40. The first-order chi connectivity index (χ1) is 16.5. The summed E-state index contributed by atoms with van der Waals surface area (Å²) in [6, 6.07) is 25.4.